The SMILES string of the molecule is [2H]c1[c-]c(-c2cc(C(C)CC)c([Si](C)(C)C)cn2)c([2H])c([2H])c1[2H].[2H]c1[c-]c(-c2cc(CC(C)(C)C)c([Si](C)(C)C)cn2)c([2H])c([2H])c1[2H].[2H]c1[c-]c(-c2cc(CC(C)C)c([Si](C)(C)C)cn2)c([2H])c([2H])c1[2H].[2H]c1[c-]c(-c2cc(CCCC)c([Si](C)(C)C)cn2)c([2H])c([2H])c1[2H].[Ir].[Ir].[Ir].[Ir].[c-]1ccccc1-c1ccccn1.[c-]1ccccc1-c1ccccn1.[c-]1ccccc1-c1ccccn1.[c-]1ccccc1-c1ccccn1. The number of nitrogens with zero attached hydrogens (tertiary/aromatic N) is 8. The molecule has 0 bridgehead atoms. The molecule has 0 fully saturated rings. The fraction of sp³-hybridized carbons (Fsp3) is 0.248. The Morgan fingerprint density at radius 1 is 0.316 bits per heavy atom. The Kier molecular flexibility index (Phi) is 39.2. The second kappa shape index (κ2) is 58.0. The molecule has 0 aliphatic heterocycles. The molecule has 4 radical (unpaired) electrons. The molecule has 133 heavy (non-hydrogen) atoms. The first-order valence-corrected chi connectivity index (χ1v) is 57.9. The number of benzene rings is 8. The van der Waals surface area contributed by atoms with Crippen LogP contribution in [0.3, 0.4) is 0 Å². The van der Waals surface area contributed by atoms with Gasteiger partial charge in [-0.15, -0.1) is 287 Å². The van der Waals surface area contributed by atoms with Gasteiger partial charge in [0.1, 0.15) is 0 Å². The van der Waals surface area contributed by atoms with E-state index < -0.39 is 32.3 Å². The normalized spacial score (nSPS) is 12.7. The first-order valence-electron chi connectivity index (χ1n) is 51.9. The van der Waals surface area contributed by atoms with Crippen molar-refractivity contribution in [1.82, 2.24) is 39.9 Å². The third kappa shape index (κ3) is 39.0. The third-order valence-corrected chi connectivity index (χ3v) is 28.3. The van der Waals surface area contributed by atoms with E-state index in [1.54, 1.807) is 24.8 Å². The van der Waals surface area contributed by atoms with E-state index in [1.165, 1.54) is 43.0 Å². The number of aryl methyl sites for hydroxylation is 1. The summed E-state index contributed by atoms with van der Waals surface area (Å²) in [6.45, 7) is 44.9. The summed E-state index contributed by atoms with van der Waals surface area (Å²) >= 11 is 0. The number of hydrogen-bond donors (Lipinski definition) is 0. The molecule has 1 unspecified atom stereocenters. The van der Waals surface area contributed by atoms with Crippen LogP contribution in [-0.2, 0) is 99.7 Å². The van der Waals surface area contributed by atoms with Gasteiger partial charge in [0.05, 0.1) is 32.3 Å². The maximum Gasteiger partial charge on any atom is 0.0799 e. The van der Waals surface area contributed by atoms with Gasteiger partial charge in [0.2, 0.25) is 0 Å². The largest absolute Gasteiger partial charge is 0.305 e. The minimum absolute atomic E-state index is 0. The van der Waals surface area contributed by atoms with Crippen LogP contribution in [0.2, 0.25) is 78.6 Å². The van der Waals surface area contributed by atoms with Gasteiger partial charge in [-0.3, -0.25) is 0 Å². The second-order valence-electron chi connectivity index (χ2n) is 36.6. The summed E-state index contributed by atoms with van der Waals surface area (Å²) in [6, 6.07) is 83.3. The van der Waals surface area contributed by atoms with Gasteiger partial charge in [0.25, 0.3) is 0 Å². The molecular formula is C117H130Ir4N8Si4-8. The number of pyridine rings is 8. The van der Waals surface area contributed by atoms with Crippen molar-refractivity contribution < 1.29 is 102 Å². The molecule has 8 heterocycles. The van der Waals surface area contributed by atoms with Crippen LogP contribution >= 0.6 is 0 Å². The summed E-state index contributed by atoms with van der Waals surface area (Å²) in [4.78, 5) is 35.0. The van der Waals surface area contributed by atoms with Gasteiger partial charge >= 0.3 is 0 Å². The molecule has 8 aromatic carbocycles. The van der Waals surface area contributed by atoms with Crippen LogP contribution in [0.25, 0.3) is 90.1 Å². The minimum Gasteiger partial charge on any atom is -0.305 e. The molecule has 0 saturated carbocycles. The second-order valence-corrected chi connectivity index (χ2v) is 56.7. The van der Waals surface area contributed by atoms with Crippen LogP contribution in [-0.4, -0.2) is 72.2 Å². The van der Waals surface area contributed by atoms with Gasteiger partial charge < -0.3 is 39.9 Å². The van der Waals surface area contributed by atoms with Crippen molar-refractivity contribution in [3.8, 4) is 90.1 Å². The maximum atomic E-state index is 8.14. The molecule has 0 N–H and O–H groups in total. The molecule has 16 rings (SSSR count). The van der Waals surface area contributed by atoms with E-state index in [-0.39, 0.29) is 183 Å². The molecule has 0 amide bonds. The van der Waals surface area contributed by atoms with E-state index in [4.69, 9.17) is 21.9 Å². The summed E-state index contributed by atoms with van der Waals surface area (Å²) in [5, 5.41) is 5.23. The summed E-state index contributed by atoms with van der Waals surface area (Å²) in [5.41, 5.74) is 16.7. The fourth-order valence-corrected chi connectivity index (χ4v) is 19.9. The van der Waals surface area contributed by atoms with Crippen molar-refractivity contribution >= 4 is 53.0 Å². The average Bonchev–Trinajstić information content (AvgIpc) is 0.778. The minimum atomic E-state index is -1.57. The van der Waals surface area contributed by atoms with Crippen molar-refractivity contribution in [3.63, 3.8) is 0 Å². The predicted octanol–water partition coefficient (Wildman–Crippen LogP) is 28.2. The van der Waals surface area contributed by atoms with Gasteiger partial charge in [0.15, 0.2) is 0 Å². The predicted molar refractivity (Wildman–Crippen MR) is 559 cm³/mol. The monoisotopic (exact) mass is 2550 g/mol. The number of unbranched alkanes of at least 4 members (excludes halogenated alkanes) is 1. The number of aromatic nitrogens is 8. The molecular weight excluding hydrogens is 2400 g/mol. The molecule has 698 valence electrons. The van der Waals surface area contributed by atoms with E-state index in [1.807, 2.05) is 219 Å². The van der Waals surface area contributed by atoms with Crippen LogP contribution in [0.15, 0.2) is 340 Å². The van der Waals surface area contributed by atoms with Crippen LogP contribution in [0, 0.1) is 59.9 Å². The Bertz CT molecular complexity index is 6480. The standard InChI is InChI=1S/C19H26NSi.3C18H24NSi.4C11H8N.4Ir/c1-19(2,3)13-16-12-17(15-10-8-7-9-11-15)20-14-18(16)21(4,5)6;1-14(2)11-16-12-17(15-9-7-6-8-10-15)19-13-18(16)20(3,4)5;1-6-14(2)16-12-17(15-10-8-7-9-11-15)19-13-18(16)20(3,4)5;1-5-6-10-16-13-17(15-11-8-7-9-12-15)19-14-18(16)20(2,3)4;4*1-2-6-10(7-3-1)11-8-4-5-9-12-11;;;;/h7-10,12,14H,13H2,1-6H3;6-9,12-14H,11H2,1-5H3;7-10,12-14H,6H2,1-5H3;7-9,11,13-14H,5-6,10H2,1-4H3;4*1-6,8-9H;;;;/q8*-1;;;;/i7D,8D,9D,10D;6D,7D,8D,9D;7D,8D,9D,10D;7D,8D,9D,11D;;;;;;;;. The molecule has 0 spiro atoms. The summed E-state index contributed by atoms with van der Waals surface area (Å²) in [5.74, 6) is 0.882. The summed E-state index contributed by atoms with van der Waals surface area (Å²) < 4.78 is 126. The summed E-state index contributed by atoms with van der Waals surface area (Å²) in [7, 11) is -6.17. The van der Waals surface area contributed by atoms with Crippen molar-refractivity contribution in [2.24, 2.45) is 11.3 Å². The summed E-state index contributed by atoms with van der Waals surface area (Å²) in [6.07, 6.45) is 20.8. The maximum absolute atomic E-state index is 8.14. The van der Waals surface area contributed by atoms with Crippen molar-refractivity contribution in [3.05, 3.63) is 411 Å². The van der Waals surface area contributed by atoms with Crippen LogP contribution in [0.4, 0.5) is 0 Å². The Hall–Kier alpha value is -9.58. The van der Waals surface area contributed by atoms with Crippen LogP contribution in [0.5, 0.6) is 0 Å². The van der Waals surface area contributed by atoms with Gasteiger partial charge in [-0.2, -0.15) is 0 Å². The van der Waals surface area contributed by atoms with Gasteiger partial charge in [-0.05, 0) is 151 Å². The van der Waals surface area contributed by atoms with E-state index in [2.05, 4.69) is 222 Å². The fourth-order valence-electron chi connectivity index (χ4n) is 13.5. The quantitative estimate of drug-likeness (QED) is 0.0549. The van der Waals surface area contributed by atoms with Crippen molar-refractivity contribution in [2.75, 3.05) is 0 Å². The Labute approximate surface area is 879 Å². The molecule has 16 aromatic rings. The molecule has 8 nitrogen and oxygen atoms in total. The topological polar surface area (TPSA) is 103 Å². The smallest absolute Gasteiger partial charge is 0.0799 e. The average molecular weight is 2550 g/mol. The first kappa shape index (κ1) is 89.9. The Morgan fingerprint density at radius 2 is 0.602 bits per heavy atom. The molecule has 0 aliphatic carbocycles. The number of rotatable bonds is 20. The zero-order chi connectivity index (χ0) is 107. The van der Waals surface area contributed by atoms with Crippen LogP contribution in [0.1, 0.15) is 125 Å². The number of hydrogen-bond acceptors (Lipinski definition) is 8. The van der Waals surface area contributed by atoms with E-state index in [0.29, 0.717) is 56.9 Å². The van der Waals surface area contributed by atoms with Crippen molar-refractivity contribution in [2.45, 2.75) is 178 Å². The van der Waals surface area contributed by atoms with Gasteiger partial charge in [-0.25, -0.2) is 0 Å². The van der Waals surface area contributed by atoms with Gasteiger partial charge in [0, 0.05) is 141 Å². The Morgan fingerprint density at radius 3 is 0.872 bits per heavy atom. The first-order chi connectivity index (χ1) is 68.4. The van der Waals surface area contributed by atoms with E-state index >= 15 is 0 Å². The molecule has 1 atom stereocenters. The van der Waals surface area contributed by atoms with Crippen molar-refractivity contribution in [1.29, 1.82) is 0 Å². The van der Waals surface area contributed by atoms with E-state index in [0.717, 1.165) is 83.6 Å². The molecule has 8 aromatic heterocycles. The zero-order valence-electron chi connectivity index (χ0n) is 95.9. The molecule has 0 saturated heterocycles. The Balaban J connectivity index is 0.000000303. The van der Waals surface area contributed by atoms with E-state index in [9.17, 15) is 0 Å². The third-order valence-electron chi connectivity index (χ3n) is 20.1. The van der Waals surface area contributed by atoms with Crippen LogP contribution < -0.4 is 20.7 Å². The molecule has 16 heteroatoms. The van der Waals surface area contributed by atoms with Gasteiger partial charge in [-0.1, -0.05) is 235 Å². The zero-order valence-corrected chi connectivity index (χ0v) is 93.5. The molecule has 0 aliphatic rings.